The van der Waals surface area contributed by atoms with Crippen LogP contribution in [0.3, 0.4) is 0 Å². The first-order chi connectivity index (χ1) is 55.6. The van der Waals surface area contributed by atoms with Gasteiger partial charge in [-0.05, 0) is 297 Å². The Bertz CT molecular complexity index is 4920. The van der Waals surface area contributed by atoms with Crippen molar-refractivity contribution in [2.75, 3.05) is 0 Å². The summed E-state index contributed by atoms with van der Waals surface area (Å²) in [5.41, 5.74) is 34.5. The molecule has 0 amide bonds. The Kier molecular flexibility index (Phi) is 47.0. The molecule has 0 fully saturated rings. The lowest BCUT2D eigenvalue weighted by Crippen LogP contribution is -1.92. The molecule has 11 heteroatoms. The van der Waals surface area contributed by atoms with E-state index in [1.807, 2.05) is 191 Å². The van der Waals surface area contributed by atoms with E-state index in [1.54, 1.807) is 0 Å². The topological polar surface area (TPSA) is 110 Å². The molecule has 10 heterocycles. The Hall–Kier alpha value is -10.7. The van der Waals surface area contributed by atoms with Crippen molar-refractivity contribution in [3.05, 3.63) is 289 Å². The molecule has 16 aromatic rings. The number of rotatable bonds is 0. The number of benzene rings is 6. The van der Waals surface area contributed by atoms with Gasteiger partial charge < -0.3 is 13.7 Å². The summed E-state index contributed by atoms with van der Waals surface area (Å²) in [4.78, 5) is 25.9. The van der Waals surface area contributed by atoms with Crippen molar-refractivity contribution in [1.82, 2.24) is 53.4 Å². The van der Waals surface area contributed by atoms with Crippen molar-refractivity contribution in [1.29, 1.82) is 0 Å². The highest BCUT2D eigenvalue weighted by Gasteiger charge is 2.10. The lowest BCUT2D eigenvalue weighted by Gasteiger charge is -2.07. The maximum Gasteiger partial charge on any atom is 0.0883 e. The van der Waals surface area contributed by atoms with E-state index in [0.717, 1.165) is 27.9 Å². The van der Waals surface area contributed by atoms with Crippen LogP contribution in [0.2, 0.25) is 0 Å². The van der Waals surface area contributed by atoms with E-state index >= 15 is 0 Å². The van der Waals surface area contributed by atoms with Gasteiger partial charge in [0.1, 0.15) is 0 Å². The zero-order chi connectivity index (χ0) is 88.5. The molecule has 6 aromatic carbocycles. The first kappa shape index (κ1) is 103. The summed E-state index contributed by atoms with van der Waals surface area (Å²) < 4.78 is 8.36. The number of pyridine rings is 6. The maximum absolute atomic E-state index is 4.40. The summed E-state index contributed by atoms with van der Waals surface area (Å²) in [6.07, 6.45) is 21.5. The molecule has 116 heavy (non-hydrogen) atoms. The van der Waals surface area contributed by atoms with Crippen LogP contribution in [0.4, 0.5) is 0 Å². The van der Waals surface area contributed by atoms with Crippen molar-refractivity contribution in [2.45, 2.75) is 249 Å². The van der Waals surface area contributed by atoms with Crippen LogP contribution in [0.15, 0.2) is 177 Å². The molecule has 0 radical (unpaired) electrons. The SMILES string of the molecule is CC.CC.CC.CC.CC.CC.CC.CC.Cc1ccc2ccn(C)c2c1C.Cc1ccc2ccnc(C)c2c1C.Cc1ccc2cncc(C)c2c1C.Cc1ccc2cnn(C)c2c1C.Cc1ccc2nccc(C)c2c1C.Cc1cnc2cccc(C)c2c1C.Cc1cnc2ccn(C)c2c1C.Cc1ncc2ccn(C)c2c1C. The van der Waals surface area contributed by atoms with Crippen LogP contribution in [0, 0.1) is 138 Å². The minimum atomic E-state index is 1.08. The first-order valence-corrected chi connectivity index (χ1v) is 42.5. The van der Waals surface area contributed by atoms with Crippen LogP contribution in [0.25, 0.3) is 87.1 Å². The summed E-state index contributed by atoms with van der Waals surface area (Å²) in [5.74, 6) is 0. The molecule has 0 N–H and O–H groups in total. The fourth-order valence-corrected chi connectivity index (χ4v) is 13.3. The van der Waals surface area contributed by atoms with Gasteiger partial charge in [-0.15, -0.1) is 0 Å². The standard InChI is InChI=1S/4C12H13N.C11H13N.3C10H12N2.8C2H6/c1-8-4-5-11-7-13-6-9(2)12(11)10(8)3;1-8-4-5-11-6-7-13-10(3)12(11)9(8)2;1-8-4-5-11-12(10(8)3)9(2)6-7-13-11;1-8-5-4-6-11-12(8)10(3)9(2)7-13-11;1-8-4-5-10-6-7-12(3)11(10)9(8)2;1-7-8(2)11-6-9-4-5-12(3)10(7)9;1-7-6-11-9-4-5-12(3)10(9)8(7)2;1-7-4-5-9-6-11-12(3)10(9)8(7)2;8*1-2/h4*4-7H,1-3H3;4-7H,1-3H3;3*4-6H,1-3H3;8*1-2H3. The van der Waals surface area contributed by atoms with E-state index in [1.165, 1.54) is 171 Å². The number of fused-ring (bicyclic) bond motifs is 8. The van der Waals surface area contributed by atoms with Crippen molar-refractivity contribution in [3.63, 3.8) is 0 Å². The highest BCUT2D eigenvalue weighted by Crippen LogP contribution is 2.29. The Morgan fingerprint density at radius 1 is 0.216 bits per heavy atom. The lowest BCUT2D eigenvalue weighted by molar-refractivity contribution is 0.794. The molecule has 0 spiro atoms. The summed E-state index contributed by atoms with van der Waals surface area (Å²) >= 11 is 0. The molecule has 0 atom stereocenters. The second kappa shape index (κ2) is 52.8. The highest BCUT2D eigenvalue weighted by molar-refractivity contribution is 5.91. The molecule has 11 nitrogen and oxygen atoms in total. The average Bonchev–Trinajstić information content (AvgIpc) is 1.72. The van der Waals surface area contributed by atoms with Gasteiger partial charge in [-0.25, -0.2) is 0 Å². The predicted molar refractivity (Wildman–Crippen MR) is 518 cm³/mol. The molecule has 624 valence electrons. The van der Waals surface area contributed by atoms with E-state index < -0.39 is 0 Å². The summed E-state index contributed by atoms with van der Waals surface area (Å²) in [6, 6.07) is 38.1. The van der Waals surface area contributed by atoms with E-state index in [0.29, 0.717) is 0 Å². The highest BCUT2D eigenvalue weighted by atomic mass is 15.2. The van der Waals surface area contributed by atoms with Gasteiger partial charge >= 0.3 is 0 Å². The Morgan fingerprint density at radius 2 is 0.612 bits per heavy atom. The maximum atomic E-state index is 4.40. The molecule has 0 saturated carbocycles. The molecular weight excluding hydrogens is 1420 g/mol. The van der Waals surface area contributed by atoms with Gasteiger partial charge in [0, 0.05) is 134 Å². The van der Waals surface area contributed by atoms with E-state index in [2.05, 4.69) is 317 Å². The Morgan fingerprint density at radius 3 is 1.18 bits per heavy atom. The monoisotopic (exact) mass is 1560 g/mol. The second-order valence-electron chi connectivity index (χ2n) is 27.1. The van der Waals surface area contributed by atoms with Crippen molar-refractivity contribution in [3.8, 4) is 0 Å². The molecular formula is C105H149N11. The zero-order valence-electron chi connectivity index (χ0n) is 79.7. The van der Waals surface area contributed by atoms with Gasteiger partial charge in [0.2, 0.25) is 0 Å². The minimum absolute atomic E-state index is 1.08. The summed E-state index contributed by atoms with van der Waals surface area (Å²) in [7, 11) is 8.19. The number of hydrogen-bond acceptors (Lipinski definition) is 7. The van der Waals surface area contributed by atoms with Crippen molar-refractivity contribution in [2.24, 2.45) is 28.2 Å². The zero-order valence-corrected chi connectivity index (χ0v) is 79.7. The number of nitrogens with zero attached hydrogens (tertiary/aromatic N) is 11. The molecule has 10 aromatic heterocycles. The van der Waals surface area contributed by atoms with Crippen molar-refractivity contribution >= 4 is 87.1 Å². The van der Waals surface area contributed by atoms with Crippen LogP contribution >= 0.6 is 0 Å². The van der Waals surface area contributed by atoms with E-state index in [9.17, 15) is 0 Å². The van der Waals surface area contributed by atoms with Gasteiger partial charge in [0.05, 0.1) is 44.8 Å². The lowest BCUT2D eigenvalue weighted by atomic mass is 9.99. The van der Waals surface area contributed by atoms with Gasteiger partial charge in [0.25, 0.3) is 0 Å². The smallest absolute Gasteiger partial charge is 0.0883 e. The van der Waals surface area contributed by atoms with Crippen LogP contribution in [-0.2, 0) is 28.2 Å². The van der Waals surface area contributed by atoms with Gasteiger partial charge in [0.15, 0.2) is 0 Å². The predicted octanol–water partition coefficient (Wildman–Crippen LogP) is 30.2. The quantitative estimate of drug-likeness (QED) is 0.149. The van der Waals surface area contributed by atoms with Crippen LogP contribution in [-0.4, -0.2) is 53.4 Å². The fourth-order valence-electron chi connectivity index (χ4n) is 13.3. The minimum Gasteiger partial charge on any atom is -0.350 e. The molecule has 0 aliphatic rings. The van der Waals surface area contributed by atoms with E-state index in [-0.39, 0.29) is 0 Å². The van der Waals surface area contributed by atoms with Crippen LogP contribution in [0.5, 0.6) is 0 Å². The summed E-state index contributed by atoms with van der Waals surface area (Å²) in [5, 5.41) is 15.8. The van der Waals surface area contributed by atoms with Gasteiger partial charge in [-0.1, -0.05) is 178 Å². The van der Waals surface area contributed by atoms with Crippen LogP contribution in [0.1, 0.15) is 222 Å². The van der Waals surface area contributed by atoms with Crippen molar-refractivity contribution < 1.29 is 0 Å². The largest absolute Gasteiger partial charge is 0.350 e. The molecule has 0 bridgehead atoms. The molecule has 16 rings (SSSR count). The number of hydrogen-bond donors (Lipinski definition) is 0. The molecule has 0 saturated heterocycles. The van der Waals surface area contributed by atoms with E-state index in [4.69, 9.17) is 0 Å². The van der Waals surface area contributed by atoms with Gasteiger partial charge in [-0.3, -0.25) is 34.6 Å². The van der Waals surface area contributed by atoms with Gasteiger partial charge in [-0.2, -0.15) is 5.10 Å². The third kappa shape index (κ3) is 26.7. The Balaban J connectivity index is 0.000000646. The van der Waals surface area contributed by atoms with Crippen LogP contribution < -0.4 is 0 Å². The Labute approximate surface area is 702 Å². The summed E-state index contributed by atoms with van der Waals surface area (Å²) in [6.45, 7) is 74.6. The first-order valence-electron chi connectivity index (χ1n) is 42.5. The molecule has 0 aliphatic carbocycles. The molecule has 0 unspecified atom stereocenters. The third-order valence-corrected chi connectivity index (χ3v) is 20.3. The fraction of sp³-hybridized carbons (Fsp3) is 0.381. The number of aromatic nitrogens is 11. The average molecular weight is 1570 g/mol. The number of aryl methyl sites for hydroxylation is 24. The molecule has 0 aliphatic heterocycles. The third-order valence-electron chi connectivity index (χ3n) is 20.3. The second-order valence-corrected chi connectivity index (χ2v) is 27.1. The normalized spacial score (nSPS) is 9.72.